The van der Waals surface area contributed by atoms with E-state index in [1.165, 1.54) is 19.3 Å². The topological polar surface area (TPSA) is 90.4 Å². The first-order valence-electron chi connectivity index (χ1n) is 7.05. The molecule has 2 aliphatic rings. The molecule has 1 saturated heterocycles. The summed E-state index contributed by atoms with van der Waals surface area (Å²) in [6, 6.07) is 0. The molecule has 0 spiro atoms. The number of amides is 1. The Morgan fingerprint density at radius 2 is 2.00 bits per heavy atom. The van der Waals surface area contributed by atoms with E-state index in [1.807, 2.05) is 0 Å². The minimum Gasteiger partial charge on any atom is -0.364 e. The molecule has 0 unspecified atom stereocenters. The third kappa shape index (κ3) is 3.43. The summed E-state index contributed by atoms with van der Waals surface area (Å²) in [5, 5.41) is 2.95. The van der Waals surface area contributed by atoms with Crippen LogP contribution in [0.3, 0.4) is 0 Å². The van der Waals surface area contributed by atoms with Crippen LogP contribution in [0, 0.1) is 0 Å². The smallest absolute Gasteiger partial charge is 0.249 e. The Labute approximate surface area is 109 Å². The van der Waals surface area contributed by atoms with E-state index in [0.717, 1.165) is 25.7 Å². The van der Waals surface area contributed by atoms with Crippen LogP contribution in [-0.2, 0) is 9.53 Å². The lowest BCUT2D eigenvalue weighted by Gasteiger charge is -2.33. The molecule has 1 saturated carbocycles. The van der Waals surface area contributed by atoms with E-state index in [9.17, 15) is 4.79 Å². The summed E-state index contributed by atoms with van der Waals surface area (Å²) in [5.74, 6) is -0.0265. The maximum absolute atomic E-state index is 12.0. The molecule has 0 aromatic rings. The van der Waals surface area contributed by atoms with Crippen molar-refractivity contribution >= 4 is 5.91 Å². The van der Waals surface area contributed by atoms with E-state index >= 15 is 0 Å². The largest absolute Gasteiger partial charge is 0.364 e. The first-order valence-corrected chi connectivity index (χ1v) is 7.05. The lowest BCUT2D eigenvalue weighted by atomic mass is 9.82. The highest BCUT2D eigenvalue weighted by Crippen LogP contribution is 2.25. The van der Waals surface area contributed by atoms with E-state index in [1.54, 1.807) is 0 Å². The first kappa shape index (κ1) is 13.8. The predicted octanol–water partition coefficient (Wildman–Crippen LogP) is 0.270. The predicted molar refractivity (Wildman–Crippen MR) is 70.0 cm³/mol. The van der Waals surface area contributed by atoms with E-state index < -0.39 is 0 Å². The van der Waals surface area contributed by atoms with Crippen molar-refractivity contribution in [3.8, 4) is 0 Å². The fourth-order valence-corrected chi connectivity index (χ4v) is 2.88. The molecule has 0 aromatic heterocycles. The minimum absolute atomic E-state index is 0.0265. The zero-order chi connectivity index (χ0) is 13.0. The summed E-state index contributed by atoms with van der Waals surface area (Å²) in [6.07, 6.45) is 6.97. The molecular weight excluding hydrogens is 230 g/mol. The second-order valence-corrected chi connectivity index (χ2v) is 5.70. The van der Waals surface area contributed by atoms with Crippen LogP contribution in [0.5, 0.6) is 0 Å². The zero-order valence-electron chi connectivity index (χ0n) is 11.0. The van der Waals surface area contributed by atoms with Crippen molar-refractivity contribution in [2.24, 2.45) is 11.5 Å². The first-order chi connectivity index (χ1) is 8.63. The number of carbonyl (C=O) groups is 1. The van der Waals surface area contributed by atoms with Gasteiger partial charge in [-0.25, -0.2) is 0 Å². The van der Waals surface area contributed by atoms with Gasteiger partial charge in [0.05, 0.1) is 6.10 Å². The lowest BCUT2D eigenvalue weighted by molar-refractivity contribution is -0.132. The van der Waals surface area contributed by atoms with Crippen LogP contribution < -0.4 is 16.8 Å². The fraction of sp³-hybridized carbons (Fsp3) is 0.923. The summed E-state index contributed by atoms with van der Waals surface area (Å²) < 4.78 is 5.57. The fourth-order valence-electron chi connectivity index (χ4n) is 2.88. The lowest BCUT2D eigenvalue weighted by Crippen LogP contribution is -2.52. The quantitative estimate of drug-likeness (QED) is 0.672. The monoisotopic (exact) mass is 255 g/mol. The summed E-state index contributed by atoms with van der Waals surface area (Å²) >= 11 is 0. The van der Waals surface area contributed by atoms with Gasteiger partial charge >= 0.3 is 0 Å². The van der Waals surface area contributed by atoms with Gasteiger partial charge < -0.3 is 21.5 Å². The third-order valence-corrected chi connectivity index (χ3v) is 4.13. The van der Waals surface area contributed by atoms with Crippen LogP contribution in [0.1, 0.15) is 44.9 Å². The van der Waals surface area contributed by atoms with Gasteiger partial charge in [0.25, 0.3) is 0 Å². The summed E-state index contributed by atoms with van der Waals surface area (Å²) in [6.45, 7) is 1.06. The molecule has 0 bridgehead atoms. The SMILES string of the molecule is NC[C@H]1CC[C@@H](C(=O)NCC2(N)CCCCC2)O1. The summed E-state index contributed by atoms with van der Waals surface area (Å²) in [4.78, 5) is 12.0. The van der Waals surface area contributed by atoms with Gasteiger partial charge in [0.15, 0.2) is 0 Å². The van der Waals surface area contributed by atoms with E-state index in [4.69, 9.17) is 16.2 Å². The summed E-state index contributed by atoms with van der Waals surface area (Å²) in [5.41, 5.74) is 11.6. The minimum atomic E-state index is -0.328. The molecular formula is C13H25N3O2. The van der Waals surface area contributed by atoms with E-state index in [2.05, 4.69) is 5.32 Å². The number of rotatable bonds is 4. The molecule has 2 fully saturated rings. The van der Waals surface area contributed by atoms with Gasteiger partial charge in [-0.15, -0.1) is 0 Å². The highest BCUT2D eigenvalue weighted by Gasteiger charge is 2.32. The average Bonchev–Trinajstić information content (AvgIpc) is 2.86. The Bertz CT molecular complexity index is 290. The van der Waals surface area contributed by atoms with Gasteiger partial charge in [-0.1, -0.05) is 19.3 Å². The molecule has 2 rings (SSSR count). The molecule has 5 heteroatoms. The van der Waals surface area contributed by atoms with Crippen LogP contribution >= 0.6 is 0 Å². The zero-order valence-corrected chi connectivity index (χ0v) is 11.0. The Kier molecular flexibility index (Phi) is 4.59. The second kappa shape index (κ2) is 5.99. The molecule has 1 aliphatic heterocycles. The van der Waals surface area contributed by atoms with Gasteiger partial charge in [0.1, 0.15) is 6.10 Å². The standard InChI is InChI=1S/C13H25N3O2/c14-8-10-4-5-11(18-10)12(17)16-9-13(15)6-2-1-3-7-13/h10-11H,1-9,14-15H2,(H,16,17)/t10-,11+/m1/s1. The van der Waals surface area contributed by atoms with Crippen LogP contribution in [0.25, 0.3) is 0 Å². The van der Waals surface area contributed by atoms with Crippen LogP contribution in [-0.4, -0.2) is 36.7 Å². The van der Waals surface area contributed by atoms with Crippen molar-refractivity contribution < 1.29 is 9.53 Å². The van der Waals surface area contributed by atoms with Crippen molar-refractivity contribution in [3.63, 3.8) is 0 Å². The van der Waals surface area contributed by atoms with Gasteiger partial charge in [0.2, 0.25) is 5.91 Å². The third-order valence-electron chi connectivity index (χ3n) is 4.13. The van der Waals surface area contributed by atoms with Crippen LogP contribution in [0.4, 0.5) is 0 Å². The number of nitrogens with one attached hydrogen (secondary N) is 1. The van der Waals surface area contributed by atoms with Gasteiger partial charge in [-0.3, -0.25) is 4.79 Å². The maximum Gasteiger partial charge on any atom is 0.249 e. The molecule has 18 heavy (non-hydrogen) atoms. The maximum atomic E-state index is 12.0. The second-order valence-electron chi connectivity index (χ2n) is 5.70. The van der Waals surface area contributed by atoms with Gasteiger partial charge in [-0.2, -0.15) is 0 Å². The molecule has 1 aliphatic carbocycles. The number of carbonyl (C=O) groups excluding carboxylic acids is 1. The van der Waals surface area contributed by atoms with Crippen molar-refractivity contribution in [1.82, 2.24) is 5.32 Å². The number of hydrogen-bond donors (Lipinski definition) is 3. The number of hydrogen-bond acceptors (Lipinski definition) is 4. The normalized spacial score (nSPS) is 31.2. The number of ether oxygens (including phenoxy) is 1. The average molecular weight is 255 g/mol. The molecule has 5 nitrogen and oxygen atoms in total. The summed E-state index contributed by atoms with van der Waals surface area (Å²) in [7, 11) is 0. The van der Waals surface area contributed by atoms with E-state index in [0.29, 0.717) is 13.1 Å². The van der Waals surface area contributed by atoms with Gasteiger partial charge in [0, 0.05) is 18.6 Å². The Hall–Kier alpha value is -0.650. The Morgan fingerprint density at radius 1 is 1.28 bits per heavy atom. The van der Waals surface area contributed by atoms with Crippen molar-refractivity contribution in [2.45, 2.75) is 62.7 Å². The van der Waals surface area contributed by atoms with E-state index in [-0.39, 0.29) is 23.7 Å². The Balaban J connectivity index is 1.74. The molecule has 1 heterocycles. The molecule has 1 amide bonds. The molecule has 5 N–H and O–H groups in total. The molecule has 104 valence electrons. The highest BCUT2D eigenvalue weighted by atomic mass is 16.5. The van der Waals surface area contributed by atoms with Crippen molar-refractivity contribution in [2.75, 3.05) is 13.1 Å². The van der Waals surface area contributed by atoms with Gasteiger partial charge in [-0.05, 0) is 25.7 Å². The molecule has 0 aromatic carbocycles. The van der Waals surface area contributed by atoms with Crippen molar-refractivity contribution in [3.05, 3.63) is 0 Å². The number of nitrogens with two attached hydrogens (primary N) is 2. The van der Waals surface area contributed by atoms with Crippen LogP contribution in [0.2, 0.25) is 0 Å². The molecule has 2 atom stereocenters. The highest BCUT2D eigenvalue weighted by molar-refractivity contribution is 5.81. The van der Waals surface area contributed by atoms with Crippen LogP contribution in [0.15, 0.2) is 0 Å². The molecule has 0 radical (unpaired) electrons. The Morgan fingerprint density at radius 3 is 2.61 bits per heavy atom. The van der Waals surface area contributed by atoms with Crippen molar-refractivity contribution in [1.29, 1.82) is 0 Å².